The van der Waals surface area contributed by atoms with Gasteiger partial charge in [-0.05, 0) is 195 Å². The molecule has 0 aliphatic rings. The second-order valence-corrected chi connectivity index (χ2v) is 35.8. The second-order valence-electron chi connectivity index (χ2n) is 35.8. The van der Waals surface area contributed by atoms with Crippen LogP contribution in [0.3, 0.4) is 0 Å². The lowest BCUT2D eigenvalue weighted by atomic mass is 9.80. The van der Waals surface area contributed by atoms with E-state index in [-0.39, 0.29) is 99.2 Å². The van der Waals surface area contributed by atoms with E-state index in [1.54, 1.807) is 9.80 Å². The minimum Gasteiger partial charge on any atom is -0.456 e. The van der Waals surface area contributed by atoms with Crippen molar-refractivity contribution in [1.29, 1.82) is 0 Å². The van der Waals surface area contributed by atoms with Crippen LogP contribution in [0.15, 0.2) is 158 Å². The Bertz CT molecular complexity index is 6090. The highest BCUT2D eigenvalue weighted by Gasteiger charge is 2.36. The molecule has 0 heterocycles. The number of hydrogen-bond acceptors (Lipinski definition) is 8. The van der Waals surface area contributed by atoms with Crippen LogP contribution < -0.4 is 28.7 Å². The molecule has 0 unspecified atom stereocenters. The molecule has 0 bridgehead atoms. The van der Waals surface area contributed by atoms with Crippen LogP contribution in [0, 0.1) is 6.92 Å². The Morgan fingerprint density at radius 2 is 0.483 bits per heavy atom. The van der Waals surface area contributed by atoms with Gasteiger partial charge in [0.1, 0.15) is 46.0 Å². The molecule has 0 saturated heterocycles. The summed E-state index contributed by atoms with van der Waals surface area (Å²) in [5.74, 6) is 4.12. The lowest BCUT2D eigenvalue weighted by Gasteiger charge is -2.30. The molecule has 0 aliphatic heterocycles. The Morgan fingerprint density at radius 3 is 0.724 bits per heavy atom. The highest BCUT2D eigenvalue weighted by Crippen LogP contribution is 2.59. The number of aldehydes is 2. The van der Waals surface area contributed by atoms with Crippen molar-refractivity contribution in [2.45, 2.75) is 224 Å². The minimum atomic E-state index is -0.316. The maximum absolute atomic E-state index is 16.9. The molecular formula is C106H114N2O8. The van der Waals surface area contributed by atoms with E-state index >= 15 is 9.59 Å². The van der Waals surface area contributed by atoms with Crippen molar-refractivity contribution in [2.75, 3.05) is 23.9 Å². The van der Waals surface area contributed by atoms with Crippen LogP contribution in [0.25, 0.3) is 75.4 Å². The molecule has 0 atom stereocenters. The molecule has 0 aliphatic carbocycles. The summed E-state index contributed by atoms with van der Waals surface area (Å²) in [5.41, 5.74) is 14.7. The van der Waals surface area contributed by atoms with Gasteiger partial charge in [-0.2, -0.15) is 0 Å². The number of aryl methyl sites for hydroxylation is 1. The highest BCUT2D eigenvalue weighted by molar-refractivity contribution is 6.46. The Balaban J connectivity index is 1.26. The van der Waals surface area contributed by atoms with Crippen molar-refractivity contribution in [1.82, 2.24) is 0 Å². The number of para-hydroxylation sites is 6. The first-order chi connectivity index (χ1) is 55.2. The Morgan fingerprint density at radius 1 is 0.267 bits per heavy atom. The van der Waals surface area contributed by atoms with Gasteiger partial charge in [0.15, 0.2) is 12.6 Å². The smallest absolute Gasteiger partial charge is 0.258 e. The largest absolute Gasteiger partial charge is 0.456 e. The number of ether oxygens (including phenoxy) is 4. The number of nitrogens with zero attached hydrogens (tertiary/aromatic N) is 2. The molecule has 10 nitrogen and oxygen atoms in total. The number of fused-ring (bicyclic) bond motifs is 4. The maximum Gasteiger partial charge on any atom is 0.258 e. The molecule has 116 heavy (non-hydrogen) atoms. The topological polar surface area (TPSA) is 112 Å². The molecule has 596 valence electrons. The van der Waals surface area contributed by atoms with E-state index < -0.39 is 0 Å². The Hall–Kier alpha value is -11.1. The van der Waals surface area contributed by atoms with Crippen molar-refractivity contribution in [2.24, 2.45) is 0 Å². The van der Waals surface area contributed by atoms with Crippen LogP contribution in [0.4, 0.5) is 11.4 Å². The highest BCUT2D eigenvalue weighted by atomic mass is 16.5. The van der Waals surface area contributed by atoms with Crippen molar-refractivity contribution < 1.29 is 38.1 Å². The van der Waals surface area contributed by atoms with Crippen molar-refractivity contribution in [3.05, 3.63) is 247 Å². The van der Waals surface area contributed by atoms with E-state index in [9.17, 15) is 9.59 Å². The fourth-order valence-electron chi connectivity index (χ4n) is 18.4. The average molecular weight is 1540 g/mol. The number of anilines is 2. The number of benzene rings is 14. The Kier molecular flexibility index (Phi) is 22.4. The summed E-state index contributed by atoms with van der Waals surface area (Å²) in [6, 6.07) is 54.2. The SMILES string of the molecule is Cc1cccc(C(C)C)c1Oc1cc(C(=O)N(C)c2c(C(C)C)cccc2C(C)C)c2c(C=O)cc(Oc3c(C(C)C)cccc3C(C)C)c3c4ccc5c6c(Oc7c(C(C)C)cccc7C(C)C)cc(C=O)c7c(C(=O)N(C)c8c(C(C)C)cccc8C(C)C)cc(Oc8c(C(C)C)cccc8C(C)C)c(c8ccc(c1c23)c4c58)c76. The molecule has 0 radical (unpaired) electrons. The van der Waals surface area contributed by atoms with Gasteiger partial charge in [0.05, 0.1) is 22.5 Å². The quantitative estimate of drug-likeness (QED) is 0.0316. The first kappa shape index (κ1) is 81.5. The summed E-state index contributed by atoms with van der Waals surface area (Å²) in [5, 5.41) is 9.60. The first-order valence-electron chi connectivity index (χ1n) is 42.1. The normalized spacial score (nSPS) is 12.3. The number of rotatable bonds is 25. The second kappa shape index (κ2) is 31.8. The van der Waals surface area contributed by atoms with Crippen LogP contribution >= 0.6 is 0 Å². The molecule has 0 fully saturated rings. The monoisotopic (exact) mass is 1540 g/mol. The minimum absolute atomic E-state index is 0.00981. The standard InChI is InChI=1S/C106H114N2O8/c1-54(2)68-33-27-34-69(55(3)4)99(68)107(24)105(111)83-50-87(113-101-65(23)32-26-37-72(101)58(9)10)95-81-46-47-82-92-80(45-44-79(91(81)92)93-85(48-66(52-109)89(83)97(93)95)114-102-73(59(11)12)38-29-39-74(102)60(13)14)94-86(115-103-75(61(15)16)40-30-41-76(103)62(17)18)49-67(53-110)90-84(106(112)108(25)100-70(56(5)6)35-28-36-71(100)57(7)8)51-88(96(82)98(90)94)116-104-77(63(19)20)42-31-43-78(104)64(21)22/h26-64H,1-25H3. The van der Waals surface area contributed by atoms with Gasteiger partial charge in [-0.25, -0.2) is 0 Å². The lowest BCUT2D eigenvalue weighted by molar-refractivity contribution is 0.0986. The van der Waals surface area contributed by atoms with Crippen LogP contribution in [-0.2, 0) is 0 Å². The zero-order valence-corrected chi connectivity index (χ0v) is 72.7. The van der Waals surface area contributed by atoms with Gasteiger partial charge in [-0.3, -0.25) is 19.2 Å². The van der Waals surface area contributed by atoms with Crippen LogP contribution in [0.1, 0.15) is 326 Å². The fraction of sp³-hybridized carbons (Fsp3) is 0.340. The van der Waals surface area contributed by atoms with Crippen molar-refractivity contribution in [3.63, 3.8) is 0 Å². The van der Waals surface area contributed by atoms with E-state index in [1.807, 2.05) is 38.4 Å². The van der Waals surface area contributed by atoms with E-state index in [4.69, 9.17) is 18.9 Å². The fourth-order valence-corrected chi connectivity index (χ4v) is 18.4. The molecule has 0 aromatic heterocycles. The van der Waals surface area contributed by atoms with Crippen LogP contribution in [0.5, 0.6) is 46.0 Å². The average Bonchev–Trinajstić information content (AvgIpc) is 0.674. The molecule has 14 aromatic carbocycles. The van der Waals surface area contributed by atoms with E-state index in [2.05, 4.69) is 293 Å². The zero-order valence-electron chi connectivity index (χ0n) is 72.7. The predicted octanol–water partition coefficient (Wildman–Crippen LogP) is 30.6. The maximum atomic E-state index is 16.9. The molecule has 14 rings (SSSR count). The number of amides is 2. The first-order valence-corrected chi connectivity index (χ1v) is 42.1. The zero-order chi connectivity index (χ0) is 83.4. The number of carbonyl (C=O) groups excluding carboxylic acids is 4. The van der Waals surface area contributed by atoms with Gasteiger partial charge >= 0.3 is 0 Å². The molecular weight excluding hydrogens is 1430 g/mol. The van der Waals surface area contributed by atoms with Gasteiger partial charge in [-0.1, -0.05) is 286 Å². The lowest BCUT2D eigenvalue weighted by Crippen LogP contribution is -2.29. The molecule has 0 saturated carbocycles. The van der Waals surface area contributed by atoms with Gasteiger partial charge in [0.25, 0.3) is 11.8 Å². The van der Waals surface area contributed by atoms with Crippen LogP contribution in [0.2, 0.25) is 0 Å². The summed E-state index contributed by atoms with van der Waals surface area (Å²) in [4.78, 5) is 67.2. The van der Waals surface area contributed by atoms with E-state index in [0.29, 0.717) is 89.1 Å². The summed E-state index contributed by atoms with van der Waals surface area (Å²) in [6.07, 6.45) is 1.76. The molecule has 10 heteroatoms. The number of carbonyl (C=O) groups is 4. The van der Waals surface area contributed by atoms with Crippen LogP contribution in [-0.4, -0.2) is 38.5 Å². The van der Waals surface area contributed by atoms with Gasteiger partial charge in [0, 0.05) is 68.3 Å². The van der Waals surface area contributed by atoms with Gasteiger partial charge in [0.2, 0.25) is 0 Å². The summed E-state index contributed by atoms with van der Waals surface area (Å²) in [7, 11) is 3.73. The van der Waals surface area contributed by atoms with Gasteiger partial charge in [-0.15, -0.1) is 0 Å². The third-order valence-electron chi connectivity index (χ3n) is 24.3. The third-order valence-corrected chi connectivity index (χ3v) is 24.3. The molecule has 2 amide bonds. The molecule has 0 N–H and O–H groups in total. The summed E-state index contributed by atoms with van der Waals surface area (Å²) < 4.78 is 31.5. The summed E-state index contributed by atoms with van der Waals surface area (Å²) in [6.45, 7) is 49.8. The Labute approximate surface area is 686 Å². The summed E-state index contributed by atoms with van der Waals surface area (Å²) >= 11 is 0. The third kappa shape index (κ3) is 13.7. The van der Waals surface area contributed by atoms with Gasteiger partial charge < -0.3 is 28.7 Å². The van der Waals surface area contributed by atoms with E-state index in [0.717, 1.165) is 123 Å². The number of hydrogen-bond donors (Lipinski definition) is 0. The van der Waals surface area contributed by atoms with E-state index in [1.165, 1.54) is 0 Å². The van der Waals surface area contributed by atoms with Crippen molar-refractivity contribution in [3.8, 4) is 46.0 Å². The molecule has 14 aromatic rings. The van der Waals surface area contributed by atoms with Crippen molar-refractivity contribution >= 4 is 111 Å². The predicted molar refractivity (Wildman–Crippen MR) is 486 cm³/mol. The molecule has 0 spiro atoms.